The zero-order chi connectivity index (χ0) is 23.3. The van der Waals surface area contributed by atoms with E-state index in [1.807, 2.05) is 97.1 Å². The first-order chi connectivity index (χ1) is 16.7. The highest BCUT2D eigenvalue weighted by molar-refractivity contribution is 5.98. The average molecular weight is 447 g/mol. The van der Waals surface area contributed by atoms with Crippen LogP contribution < -0.4 is 0 Å². The van der Waals surface area contributed by atoms with E-state index in [-0.39, 0.29) is 0 Å². The number of aliphatic imine (C=N–C) groups is 2. The van der Waals surface area contributed by atoms with Crippen molar-refractivity contribution in [3.63, 3.8) is 0 Å². The first kappa shape index (κ1) is 22.0. The van der Waals surface area contributed by atoms with Crippen LogP contribution in [0, 0.1) is 0 Å². The molecule has 4 heteroatoms. The molecule has 2 aliphatic heterocycles. The Bertz CT molecular complexity index is 1230. The smallest absolute Gasteiger partial charge is 0.117 e. The fourth-order valence-electron chi connectivity index (χ4n) is 4.29. The number of nitrogens with zero attached hydrogens (tertiary/aromatic N) is 2. The third kappa shape index (κ3) is 4.74. The number of rotatable bonds is 4. The van der Waals surface area contributed by atoms with E-state index < -0.39 is 12.2 Å². The standard InChI is InChI=1S/2C15H13NO/c2*17-15(11-6-2-1-3-7-11)14-10-12-8-4-5-9-13(12)16-14/h2*1-9,15,17H,10H2. The average Bonchev–Trinajstić information content (AvgIpc) is 3.54. The van der Waals surface area contributed by atoms with Gasteiger partial charge in [-0.3, -0.25) is 9.98 Å². The Balaban J connectivity index is 0.000000142. The van der Waals surface area contributed by atoms with E-state index in [1.54, 1.807) is 0 Å². The van der Waals surface area contributed by atoms with Gasteiger partial charge in [0.2, 0.25) is 0 Å². The van der Waals surface area contributed by atoms with Crippen molar-refractivity contribution in [3.8, 4) is 0 Å². The summed E-state index contributed by atoms with van der Waals surface area (Å²) in [6.45, 7) is 0. The van der Waals surface area contributed by atoms with Crippen molar-refractivity contribution in [1.29, 1.82) is 0 Å². The second-order valence-electron chi connectivity index (χ2n) is 8.44. The van der Waals surface area contributed by atoms with Crippen LogP contribution in [-0.2, 0) is 12.8 Å². The fourth-order valence-corrected chi connectivity index (χ4v) is 4.29. The molecule has 2 unspecified atom stereocenters. The maximum atomic E-state index is 10.3. The Kier molecular flexibility index (Phi) is 6.43. The molecule has 6 rings (SSSR count). The summed E-state index contributed by atoms with van der Waals surface area (Å²) in [5, 5.41) is 20.5. The summed E-state index contributed by atoms with van der Waals surface area (Å²) in [6.07, 6.45) is 0.297. The van der Waals surface area contributed by atoms with Crippen LogP contribution in [0.5, 0.6) is 0 Å². The van der Waals surface area contributed by atoms with Gasteiger partial charge in [-0.15, -0.1) is 0 Å². The van der Waals surface area contributed by atoms with Crippen molar-refractivity contribution >= 4 is 22.8 Å². The maximum Gasteiger partial charge on any atom is 0.117 e. The van der Waals surface area contributed by atoms with Crippen LogP contribution in [0.4, 0.5) is 11.4 Å². The van der Waals surface area contributed by atoms with Gasteiger partial charge in [0.15, 0.2) is 0 Å². The molecule has 2 atom stereocenters. The molecule has 0 saturated carbocycles. The zero-order valence-electron chi connectivity index (χ0n) is 18.8. The van der Waals surface area contributed by atoms with E-state index >= 15 is 0 Å². The lowest BCUT2D eigenvalue weighted by molar-refractivity contribution is 0.246. The number of aliphatic hydroxyl groups is 2. The lowest BCUT2D eigenvalue weighted by Gasteiger charge is -2.10. The molecule has 4 aromatic carbocycles. The van der Waals surface area contributed by atoms with Crippen LogP contribution in [-0.4, -0.2) is 21.6 Å². The molecule has 0 aliphatic carbocycles. The summed E-state index contributed by atoms with van der Waals surface area (Å²) in [4.78, 5) is 8.99. The number of hydrogen-bond donors (Lipinski definition) is 2. The second-order valence-corrected chi connectivity index (χ2v) is 8.44. The number of aliphatic hydroxyl groups excluding tert-OH is 2. The van der Waals surface area contributed by atoms with Crippen LogP contribution in [0.1, 0.15) is 34.5 Å². The minimum atomic E-state index is -0.594. The SMILES string of the molecule is OC(C1=Nc2ccccc2C1)c1ccccc1.OC(C1=Nc2ccccc2C1)c1ccccc1. The number of hydrogen-bond acceptors (Lipinski definition) is 4. The highest BCUT2D eigenvalue weighted by atomic mass is 16.3. The van der Waals surface area contributed by atoms with Crippen LogP contribution in [0.2, 0.25) is 0 Å². The molecule has 0 aromatic heterocycles. The van der Waals surface area contributed by atoms with Crippen LogP contribution in [0.15, 0.2) is 119 Å². The molecule has 34 heavy (non-hydrogen) atoms. The van der Waals surface area contributed by atoms with Crippen LogP contribution >= 0.6 is 0 Å². The first-order valence-electron chi connectivity index (χ1n) is 11.5. The predicted octanol–water partition coefficient (Wildman–Crippen LogP) is 6.10. The topological polar surface area (TPSA) is 65.2 Å². The summed E-state index contributed by atoms with van der Waals surface area (Å²) < 4.78 is 0. The van der Waals surface area contributed by atoms with E-state index in [4.69, 9.17) is 0 Å². The van der Waals surface area contributed by atoms with Gasteiger partial charge in [0.1, 0.15) is 12.2 Å². The van der Waals surface area contributed by atoms with Crippen LogP contribution in [0.25, 0.3) is 0 Å². The van der Waals surface area contributed by atoms with E-state index in [9.17, 15) is 10.2 Å². The van der Waals surface area contributed by atoms with Gasteiger partial charge < -0.3 is 10.2 Å². The Morgan fingerprint density at radius 3 is 1.21 bits per heavy atom. The second kappa shape index (κ2) is 9.96. The third-order valence-electron chi connectivity index (χ3n) is 6.12. The Hall–Kier alpha value is -3.86. The van der Waals surface area contributed by atoms with Gasteiger partial charge in [0, 0.05) is 12.8 Å². The fraction of sp³-hybridized carbons (Fsp3) is 0.133. The molecule has 0 fully saturated rings. The Morgan fingerprint density at radius 2 is 0.824 bits per heavy atom. The van der Waals surface area contributed by atoms with Gasteiger partial charge in [-0.25, -0.2) is 0 Å². The van der Waals surface area contributed by atoms with E-state index in [1.165, 1.54) is 11.1 Å². The minimum Gasteiger partial charge on any atom is -0.382 e. The molecule has 168 valence electrons. The highest BCUT2D eigenvalue weighted by Crippen LogP contribution is 2.31. The number of para-hydroxylation sites is 2. The quantitative estimate of drug-likeness (QED) is 0.398. The molecule has 0 bridgehead atoms. The molecule has 0 spiro atoms. The summed E-state index contributed by atoms with van der Waals surface area (Å²) in [5.74, 6) is 0. The van der Waals surface area contributed by atoms with Crippen molar-refractivity contribution < 1.29 is 10.2 Å². The maximum absolute atomic E-state index is 10.3. The third-order valence-corrected chi connectivity index (χ3v) is 6.12. The van der Waals surface area contributed by atoms with Gasteiger partial charge in [-0.1, -0.05) is 97.1 Å². The lowest BCUT2D eigenvalue weighted by atomic mass is 10.0. The number of fused-ring (bicyclic) bond motifs is 2. The Morgan fingerprint density at radius 1 is 0.471 bits per heavy atom. The summed E-state index contributed by atoms with van der Waals surface area (Å²) in [5.41, 5.74) is 7.82. The largest absolute Gasteiger partial charge is 0.382 e. The summed E-state index contributed by atoms with van der Waals surface area (Å²) >= 11 is 0. The molecule has 2 aliphatic rings. The summed E-state index contributed by atoms with van der Waals surface area (Å²) in [6, 6.07) is 35.4. The predicted molar refractivity (Wildman–Crippen MR) is 137 cm³/mol. The number of benzene rings is 4. The van der Waals surface area contributed by atoms with Gasteiger partial charge >= 0.3 is 0 Å². The molecular formula is C30H26N2O2. The minimum absolute atomic E-state index is 0.594. The Labute approximate surface area is 199 Å². The van der Waals surface area contributed by atoms with Gasteiger partial charge in [-0.05, 0) is 34.4 Å². The molecule has 0 saturated heterocycles. The van der Waals surface area contributed by atoms with E-state index in [0.29, 0.717) is 0 Å². The molecule has 0 radical (unpaired) electrons. The first-order valence-corrected chi connectivity index (χ1v) is 11.5. The highest BCUT2D eigenvalue weighted by Gasteiger charge is 2.22. The molecule has 2 heterocycles. The monoisotopic (exact) mass is 446 g/mol. The van der Waals surface area contributed by atoms with Crippen molar-refractivity contribution in [1.82, 2.24) is 0 Å². The van der Waals surface area contributed by atoms with Gasteiger partial charge in [0.25, 0.3) is 0 Å². The molecule has 4 aromatic rings. The lowest BCUT2D eigenvalue weighted by Crippen LogP contribution is -2.11. The van der Waals surface area contributed by atoms with E-state index in [2.05, 4.69) is 22.1 Å². The molecule has 2 N–H and O–H groups in total. The van der Waals surface area contributed by atoms with E-state index in [0.717, 1.165) is 46.8 Å². The van der Waals surface area contributed by atoms with Crippen LogP contribution in [0.3, 0.4) is 0 Å². The van der Waals surface area contributed by atoms with Crippen molar-refractivity contribution in [2.45, 2.75) is 25.0 Å². The van der Waals surface area contributed by atoms with Crippen molar-refractivity contribution in [2.24, 2.45) is 9.98 Å². The molecule has 4 nitrogen and oxygen atoms in total. The summed E-state index contributed by atoms with van der Waals surface area (Å²) in [7, 11) is 0. The molecule has 0 amide bonds. The normalized spacial score (nSPS) is 15.2. The van der Waals surface area contributed by atoms with Gasteiger partial charge in [0.05, 0.1) is 22.8 Å². The zero-order valence-corrected chi connectivity index (χ0v) is 18.8. The van der Waals surface area contributed by atoms with Gasteiger partial charge in [-0.2, -0.15) is 0 Å². The van der Waals surface area contributed by atoms with Crippen molar-refractivity contribution in [3.05, 3.63) is 131 Å². The van der Waals surface area contributed by atoms with Crippen molar-refractivity contribution in [2.75, 3.05) is 0 Å². The molecular weight excluding hydrogens is 420 g/mol.